The molecule has 0 bridgehead atoms. The minimum atomic E-state index is -0.126. The monoisotopic (exact) mass is 249 g/mol. The van der Waals surface area contributed by atoms with E-state index in [0.29, 0.717) is 13.1 Å². The Hall–Kier alpha value is -1.59. The molecule has 0 saturated carbocycles. The Morgan fingerprint density at radius 1 is 1.33 bits per heavy atom. The van der Waals surface area contributed by atoms with Crippen LogP contribution in [0.3, 0.4) is 0 Å². The van der Waals surface area contributed by atoms with Crippen molar-refractivity contribution in [2.45, 2.75) is 12.5 Å². The lowest BCUT2D eigenvalue weighted by Crippen LogP contribution is -2.55. The van der Waals surface area contributed by atoms with Crippen LogP contribution in [0, 0.1) is 0 Å². The topological polar surface area (TPSA) is 73.4 Å². The molecule has 1 atom stereocenters. The number of hydrogen-bond acceptors (Lipinski definition) is 4. The molecule has 2 rings (SSSR count). The zero-order valence-corrected chi connectivity index (χ0v) is 10.3. The minimum absolute atomic E-state index is 0.0426. The van der Waals surface area contributed by atoms with Crippen molar-refractivity contribution in [1.29, 1.82) is 0 Å². The Morgan fingerprint density at radius 3 is 2.78 bits per heavy atom. The molecule has 1 aliphatic heterocycles. The second-order valence-corrected chi connectivity index (χ2v) is 4.42. The van der Waals surface area contributed by atoms with Crippen molar-refractivity contribution in [1.82, 2.24) is 16.0 Å². The number of hydrogen-bond donors (Lipinski definition) is 4. The summed E-state index contributed by atoms with van der Waals surface area (Å²) in [6.45, 7) is 3.04. The van der Waals surface area contributed by atoms with Gasteiger partial charge >= 0.3 is 0 Å². The molecule has 1 saturated heterocycles. The lowest BCUT2D eigenvalue weighted by atomic mass is 10.1. The molecule has 1 aliphatic rings. The van der Waals surface area contributed by atoms with Gasteiger partial charge in [-0.1, -0.05) is 12.1 Å². The normalized spacial score (nSPS) is 19.4. The summed E-state index contributed by atoms with van der Waals surface area (Å²) in [6, 6.07) is 6.91. The van der Waals surface area contributed by atoms with Crippen molar-refractivity contribution in [3.8, 4) is 5.75 Å². The van der Waals surface area contributed by atoms with Gasteiger partial charge in [0.1, 0.15) is 5.75 Å². The van der Waals surface area contributed by atoms with Crippen molar-refractivity contribution in [2.24, 2.45) is 0 Å². The predicted octanol–water partition coefficient (Wildman–Crippen LogP) is -0.388. The highest BCUT2D eigenvalue weighted by Crippen LogP contribution is 2.09. The first-order valence-electron chi connectivity index (χ1n) is 6.25. The highest BCUT2D eigenvalue weighted by molar-refractivity contribution is 5.82. The maximum Gasteiger partial charge on any atom is 0.238 e. The summed E-state index contributed by atoms with van der Waals surface area (Å²) >= 11 is 0. The third-order valence-electron chi connectivity index (χ3n) is 3.01. The van der Waals surface area contributed by atoms with Gasteiger partial charge < -0.3 is 21.1 Å². The first kappa shape index (κ1) is 12.9. The molecule has 5 nitrogen and oxygen atoms in total. The van der Waals surface area contributed by atoms with Gasteiger partial charge in [0.2, 0.25) is 5.91 Å². The number of benzene rings is 1. The Kier molecular flexibility index (Phi) is 4.55. The first-order valence-corrected chi connectivity index (χ1v) is 6.25. The van der Waals surface area contributed by atoms with E-state index in [9.17, 15) is 4.79 Å². The third-order valence-corrected chi connectivity index (χ3v) is 3.01. The van der Waals surface area contributed by atoms with Gasteiger partial charge in [-0.15, -0.1) is 0 Å². The Labute approximate surface area is 107 Å². The van der Waals surface area contributed by atoms with Crippen molar-refractivity contribution >= 4 is 5.91 Å². The van der Waals surface area contributed by atoms with Crippen molar-refractivity contribution in [3.05, 3.63) is 29.8 Å². The second-order valence-electron chi connectivity index (χ2n) is 4.42. The number of aromatic hydroxyl groups is 1. The van der Waals surface area contributed by atoms with Crippen LogP contribution in [0.15, 0.2) is 24.3 Å². The molecule has 0 radical (unpaired) electrons. The SMILES string of the molecule is O=C(NCCc1ccc(O)cc1)C1CNCCN1. The van der Waals surface area contributed by atoms with Gasteiger partial charge in [-0.2, -0.15) is 0 Å². The molecule has 1 unspecified atom stereocenters. The van der Waals surface area contributed by atoms with Crippen molar-refractivity contribution in [2.75, 3.05) is 26.2 Å². The first-order chi connectivity index (χ1) is 8.75. The zero-order chi connectivity index (χ0) is 12.8. The lowest BCUT2D eigenvalue weighted by molar-refractivity contribution is -0.123. The van der Waals surface area contributed by atoms with Gasteiger partial charge in [-0.05, 0) is 24.1 Å². The van der Waals surface area contributed by atoms with Crippen molar-refractivity contribution in [3.63, 3.8) is 0 Å². The van der Waals surface area contributed by atoms with E-state index < -0.39 is 0 Å². The molecule has 1 amide bonds. The van der Waals surface area contributed by atoms with Crippen LogP contribution in [0.5, 0.6) is 5.75 Å². The maximum absolute atomic E-state index is 11.8. The molecule has 18 heavy (non-hydrogen) atoms. The fourth-order valence-electron chi connectivity index (χ4n) is 1.95. The van der Waals surface area contributed by atoms with Gasteiger partial charge in [0.15, 0.2) is 0 Å². The highest BCUT2D eigenvalue weighted by atomic mass is 16.3. The average Bonchev–Trinajstić information content (AvgIpc) is 2.42. The summed E-state index contributed by atoms with van der Waals surface area (Å²) in [6.07, 6.45) is 0.770. The number of rotatable bonds is 4. The molecule has 1 fully saturated rings. The van der Waals surface area contributed by atoms with Gasteiger partial charge in [-0.25, -0.2) is 0 Å². The molecule has 0 aliphatic carbocycles. The molecule has 1 aromatic rings. The Morgan fingerprint density at radius 2 is 2.11 bits per heavy atom. The van der Waals surface area contributed by atoms with E-state index in [1.807, 2.05) is 12.1 Å². The van der Waals surface area contributed by atoms with E-state index in [2.05, 4.69) is 16.0 Å². The van der Waals surface area contributed by atoms with Gasteiger partial charge in [0.05, 0.1) is 6.04 Å². The highest BCUT2D eigenvalue weighted by Gasteiger charge is 2.19. The smallest absolute Gasteiger partial charge is 0.238 e. The number of phenols is 1. The standard InChI is InChI=1S/C13H19N3O2/c17-11-3-1-10(2-4-11)5-6-16-13(18)12-9-14-7-8-15-12/h1-4,12,14-15,17H,5-9H2,(H,16,18). The van der Waals surface area contributed by atoms with Crippen LogP contribution in [-0.4, -0.2) is 43.2 Å². The van der Waals surface area contributed by atoms with Crippen LogP contribution >= 0.6 is 0 Å². The molecular weight excluding hydrogens is 230 g/mol. The van der Waals surface area contributed by atoms with Crippen LogP contribution in [0.25, 0.3) is 0 Å². The Balaban J connectivity index is 1.71. The minimum Gasteiger partial charge on any atom is -0.508 e. The molecule has 98 valence electrons. The zero-order valence-electron chi connectivity index (χ0n) is 10.3. The summed E-state index contributed by atoms with van der Waals surface area (Å²) in [5.41, 5.74) is 1.10. The molecule has 1 aromatic carbocycles. The number of nitrogens with one attached hydrogen (secondary N) is 3. The van der Waals surface area contributed by atoms with Crippen LogP contribution in [0.2, 0.25) is 0 Å². The average molecular weight is 249 g/mol. The summed E-state index contributed by atoms with van der Waals surface area (Å²) in [7, 11) is 0. The second kappa shape index (κ2) is 6.37. The largest absolute Gasteiger partial charge is 0.508 e. The Bertz CT molecular complexity index is 386. The number of amides is 1. The van der Waals surface area contributed by atoms with E-state index in [1.165, 1.54) is 0 Å². The number of carbonyl (C=O) groups is 1. The van der Waals surface area contributed by atoms with Crippen LogP contribution in [-0.2, 0) is 11.2 Å². The van der Waals surface area contributed by atoms with Gasteiger partial charge in [-0.3, -0.25) is 4.79 Å². The molecular formula is C13H19N3O2. The summed E-state index contributed by atoms with van der Waals surface area (Å²) in [5.74, 6) is 0.307. The summed E-state index contributed by atoms with van der Waals surface area (Å²) in [4.78, 5) is 11.8. The van der Waals surface area contributed by atoms with Crippen LogP contribution in [0.1, 0.15) is 5.56 Å². The van der Waals surface area contributed by atoms with Gasteiger partial charge in [0, 0.05) is 26.2 Å². The molecule has 5 heteroatoms. The van der Waals surface area contributed by atoms with Crippen LogP contribution < -0.4 is 16.0 Å². The number of carbonyl (C=O) groups excluding carboxylic acids is 1. The fourth-order valence-corrected chi connectivity index (χ4v) is 1.95. The number of piperazine rings is 1. The van der Waals surface area contributed by atoms with E-state index >= 15 is 0 Å². The molecule has 0 spiro atoms. The van der Waals surface area contributed by atoms with Crippen LogP contribution in [0.4, 0.5) is 0 Å². The van der Waals surface area contributed by atoms with Gasteiger partial charge in [0.25, 0.3) is 0 Å². The van der Waals surface area contributed by atoms with E-state index in [0.717, 1.165) is 25.1 Å². The maximum atomic E-state index is 11.8. The molecule has 0 aromatic heterocycles. The number of phenolic OH excluding ortho intramolecular Hbond substituents is 1. The van der Waals surface area contributed by atoms with E-state index in [-0.39, 0.29) is 17.7 Å². The summed E-state index contributed by atoms with van der Waals surface area (Å²) < 4.78 is 0. The lowest BCUT2D eigenvalue weighted by Gasteiger charge is -2.23. The fraction of sp³-hybridized carbons (Fsp3) is 0.462. The molecule has 4 N–H and O–H groups in total. The quantitative estimate of drug-likeness (QED) is 0.586. The predicted molar refractivity (Wildman–Crippen MR) is 69.5 cm³/mol. The third kappa shape index (κ3) is 3.72. The molecule has 1 heterocycles. The summed E-state index contributed by atoms with van der Waals surface area (Å²) in [5, 5.41) is 18.4. The van der Waals surface area contributed by atoms with Crippen molar-refractivity contribution < 1.29 is 9.90 Å². The van der Waals surface area contributed by atoms with E-state index in [1.54, 1.807) is 12.1 Å². The van der Waals surface area contributed by atoms with E-state index in [4.69, 9.17) is 5.11 Å².